The number of esters is 1. The highest BCUT2D eigenvalue weighted by Crippen LogP contribution is 2.35. The largest absolute Gasteiger partial charge is 0.466 e. The lowest BCUT2D eigenvalue weighted by Gasteiger charge is -2.34. The van der Waals surface area contributed by atoms with Gasteiger partial charge in [0, 0.05) is 11.1 Å². The summed E-state index contributed by atoms with van der Waals surface area (Å²) < 4.78 is 4.91. The quantitative estimate of drug-likeness (QED) is 0.822. The third-order valence-corrected chi connectivity index (χ3v) is 3.36. The van der Waals surface area contributed by atoms with Crippen LogP contribution in [0.25, 0.3) is 0 Å². The Kier molecular flexibility index (Phi) is 4.02. The molecule has 0 fully saturated rings. The number of benzene rings is 1. The summed E-state index contributed by atoms with van der Waals surface area (Å²) in [6.07, 6.45) is 0. The van der Waals surface area contributed by atoms with Crippen LogP contribution >= 0.6 is 0 Å². The fraction of sp³-hybridized carbons (Fsp3) is 0.375. The van der Waals surface area contributed by atoms with E-state index in [1.165, 1.54) is 7.11 Å². The molecule has 1 aliphatic rings. The van der Waals surface area contributed by atoms with Crippen molar-refractivity contribution in [2.24, 2.45) is 5.41 Å². The number of urea groups is 1. The molecule has 1 heterocycles. The Labute approximate surface area is 124 Å². The van der Waals surface area contributed by atoms with E-state index in [4.69, 9.17) is 4.74 Å². The molecule has 2 amide bonds. The average molecular weight is 288 g/mol. The summed E-state index contributed by atoms with van der Waals surface area (Å²) >= 11 is 0. The molecule has 5 nitrogen and oxygen atoms in total. The van der Waals surface area contributed by atoms with Crippen LogP contribution in [0.4, 0.5) is 4.79 Å². The van der Waals surface area contributed by atoms with E-state index in [9.17, 15) is 9.59 Å². The molecule has 1 atom stereocenters. The van der Waals surface area contributed by atoms with Crippen LogP contribution in [0.15, 0.2) is 41.6 Å². The maximum atomic E-state index is 12.2. The summed E-state index contributed by atoms with van der Waals surface area (Å²) in [4.78, 5) is 24.2. The maximum Gasteiger partial charge on any atom is 0.338 e. The van der Waals surface area contributed by atoms with Crippen molar-refractivity contribution in [2.75, 3.05) is 7.11 Å². The number of ether oxygens (including phenoxy) is 1. The Morgan fingerprint density at radius 3 is 2.33 bits per heavy atom. The molecule has 1 aromatic carbocycles. The van der Waals surface area contributed by atoms with Crippen molar-refractivity contribution in [3.63, 3.8) is 0 Å². The smallest absolute Gasteiger partial charge is 0.338 e. The standard InChI is InChI=1S/C16H20N2O3/c1-16(2,3)13-11(14(19)21-4)12(17-15(20)18-13)10-8-6-5-7-9-10/h5-9,12H,1-4H3,(H2,17,18,20). The first kappa shape index (κ1) is 15.1. The molecule has 21 heavy (non-hydrogen) atoms. The molecule has 2 rings (SSSR count). The molecule has 0 radical (unpaired) electrons. The van der Waals surface area contributed by atoms with Gasteiger partial charge in [-0.3, -0.25) is 0 Å². The van der Waals surface area contributed by atoms with Gasteiger partial charge in [0.05, 0.1) is 18.7 Å². The highest BCUT2D eigenvalue weighted by atomic mass is 16.5. The van der Waals surface area contributed by atoms with Crippen molar-refractivity contribution in [2.45, 2.75) is 26.8 Å². The van der Waals surface area contributed by atoms with Gasteiger partial charge < -0.3 is 15.4 Å². The predicted molar refractivity (Wildman–Crippen MR) is 79.3 cm³/mol. The topological polar surface area (TPSA) is 67.4 Å². The minimum atomic E-state index is -0.512. The molecule has 0 bridgehead atoms. The fourth-order valence-corrected chi connectivity index (χ4v) is 2.38. The summed E-state index contributed by atoms with van der Waals surface area (Å²) in [6.45, 7) is 5.83. The number of nitrogens with one attached hydrogen (secondary N) is 2. The van der Waals surface area contributed by atoms with Crippen molar-refractivity contribution in [3.05, 3.63) is 47.2 Å². The van der Waals surface area contributed by atoms with Gasteiger partial charge in [0.2, 0.25) is 0 Å². The average Bonchev–Trinajstić information content (AvgIpc) is 2.45. The Hall–Kier alpha value is -2.30. The molecule has 5 heteroatoms. The summed E-state index contributed by atoms with van der Waals surface area (Å²) in [6, 6.07) is 8.55. The van der Waals surface area contributed by atoms with Crippen LogP contribution in [0.5, 0.6) is 0 Å². The van der Waals surface area contributed by atoms with Crippen molar-refractivity contribution < 1.29 is 14.3 Å². The first-order chi connectivity index (χ1) is 9.84. The number of amides is 2. The summed E-state index contributed by atoms with van der Waals surface area (Å²) in [5.41, 5.74) is 1.49. The zero-order chi connectivity index (χ0) is 15.6. The first-order valence-electron chi connectivity index (χ1n) is 6.80. The Morgan fingerprint density at radius 1 is 1.19 bits per heavy atom. The number of hydrogen-bond acceptors (Lipinski definition) is 3. The number of carbonyl (C=O) groups excluding carboxylic acids is 2. The van der Waals surface area contributed by atoms with E-state index in [1.807, 2.05) is 51.1 Å². The zero-order valence-corrected chi connectivity index (χ0v) is 12.7. The van der Waals surface area contributed by atoms with Crippen LogP contribution in [-0.4, -0.2) is 19.1 Å². The first-order valence-corrected chi connectivity index (χ1v) is 6.80. The molecule has 1 aliphatic heterocycles. The SMILES string of the molecule is COC(=O)C1=C(C(C)(C)C)NC(=O)NC1c1ccccc1. The van der Waals surface area contributed by atoms with Crippen molar-refractivity contribution in [1.29, 1.82) is 0 Å². The van der Waals surface area contributed by atoms with Crippen LogP contribution in [-0.2, 0) is 9.53 Å². The van der Waals surface area contributed by atoms with E-state index in [0.29, 0.717) is 11.3 Å². The van der Waals surface area contributed by atoms with E-state index >= 15 is 0 Å². The molecule has 112 valence electrons. The van der Waals surface area contributed by atoms with E-state index in [1.54, 1.807) is 0 Å². The van der Waals surface area contributed by atoms with E-state index in [-0.39, 0.29) is 11.4 Å². The van der Waals surface area contributed by atoms with Gasteiger partial charge in [0.1, 0.15) is 0 Å². The van der Waals surface area contributed by atoms with Crippen molar-refractivity contribution in [3.8, 4) is 0 Å². The number of hydrogen-bond donors (Lipinski definition) is 2. The van der Waals surface area contributed by atoms with E-state index in [2.05, 4.69) is 10.6 Å². The third-order valence-electron chi connectivity index (χ3n) is 3.36. The van der Waals surface area contributed by atoms with Crippen LogP contribution in [0.1, 0.15) is 32.4 Å². The molecular weight excluding hydrogens is 268 g/mol. The van der Waals surface area contributed by atoms with Gasteiger partial charge in [-0.05, 0) is 5.56 Å². The number of rotatable bonds is 2. The Bertz CT molecular complexity index is 585. The molecule has 0 spiro atoms. The Morgan fingerprint density at radius 2 is 1.81 bits per heavy atom. The third kappa shape index (κ3) is 3.07. The number of carbonyl (C=O) groups is 2. The minimum Gasteiger partial charge on any atom is -0.466 e. The van der Waals surface area contributed by atoms with Gasteiger partial charge in [0.25, 0.3) is 0 Å². The van der Waals surface area contributed by atoms with Gasteiger partial charge in [-0.15, -0.1) is 0 Å². The maximum absolute atomic E-state index is 12.2. The van der Waals surface area contributed by atoms with Crippen LogP contribution in [0, 0.1) is 5.41 Å². The zero-order valence-electron chi connectivity index (χ0n) is 12.7. The molecule has 1 unspecified atom stereocenters. The van der Waals surface area contributed by atoms with Gasteiger partial charge in [-0.25, -0.2) is 9.59 Å². The monoisotopic (exact) mass is 288 g/mol. The van der Waals surface area contributed by atoms with Crippen LogP contribution in [0.3, 0.4) is 0 Å². The fourth-order valence-electron chi connectivity index (χ4n) is 2.38. The molecule has 0 saturated carbocycles. The Balaban J connectivity index is 2.61. The van der Waals surface area contributed by atoms with Crippen molar-refractivity contribution in [1.82, 2.24) is 10.6 Å². The molecule has 0 aliphatic carbocycles. The second kappa shape index (κ2) is 5.60. The van der Waals surface area contributed by atoms with Crippen LogP contribution < -0.4 is 10.6 Å². The van der Waals surface area contributed by atoms with E-state index in [0.717, 1.165) is 5.56 Å². The lowest BCUT2D eigenvalue weighted by Crippen LogP contribution is -2.48. The predicted octanol–water partition coefficient (Wildman–Crippen LogP) is 2.51. The molecule has 2 N–H and O–H groups in total. The normalized spacial score (nSPS) is 18.9. The van der Waals surface area contributed by atoms with Gasteiger partial charge in [-0.2, -0.15) is 0 Å². The minimum absolute atomic E-state index is 0.318. The van der Waals surface area contributed by atoms with Gasteiger partial charge in [-0.1, -0.05) is 51.1 Å². The number of methoxy groups -OCH3 is 1. The molecular formula is C16H20N2O3. The molecule has 0 saturated heterocycles. The number of allylic oxidation sites excluding steroid dienone is 1. The highest BCUT2D eigenvalue weighted by molar-refractivity contribution is 5.95. The summed E-state index contributed by atoms with van der Waals surface area (Å²) in [7, 11) is 1.34. The lowest BCUT2D eigenvalue weighted by atomic mass is 9.83. The molecule has 1 aromatic rings. The second-order valence-electron chi connectivity index (χ2n) is 5.97. The lowest BCUT2D eigenvalue weighted by molar-refractivity contribution is -0.136. The van der Waals surface area contributed by atoms with Crippen molar-refractivity contribution >= 4 is 12.0 Å². The van der Waals surface area contributed by atoms with Gasteiger partial charge in [0.15, 0.2) is 0 Å². The second-order valence-corrected chi connectivity index (χ2v) is 5.97. The highest BCUT2D eigenvalue weighted by Gasteiger charge is 2.37. The summed E-state index contributed by atoms with van der Waals surface area (Å²) in [5, 5.41) is 5.54. The molecule has 0 aromatic heterocycles. The van der Waals surface area contributed by atoms with Gasteiger partial charge >= 0.3 is 12.0 Å². The van der Waals surface area contributed by atoms with Crippen LogP contribution in [0.2, 0.25) is 0 Å². The summed E-state index contributed by atoms with van der Waals surface area (Å²) in [5.74, 6) is -0.443. The van der Waals surface area contributed by atoms with E-state index < -0.39 is 12.0 Å².